The lowest BCUT2D eigenvalue weighted by Crippen LogP contribution is -2.38. The summed E-state index contributed by atoms with van der Waals surface area (Å²) in [6, 6.07) is 4.01. The number of carbonyl (C=O) groups is 3. The average Bonchev–Trinajstić information content (AvgIpc) is 2.67. The number of fused-ring (bicyclic) bond motifs is 1. The SMILES string of the molecule is Nc1cccc2c1CN(C(CC(=O)O)CC(=O)O)C2=O. The van der Waals surface area contributed by atoms with Gasteiger partial charge >= 0.3 is 11.9 Å². The Morgan fingerprint density at radius 1 is 1.25 bits per heavy atom. The van der Waals surface area contributed by atoms with E-state index in [-0.39, 0.29) is 12.5 Å². The van der Waals surface area contributed by atoms with Crippen molar-refractivity contribution in [1.29, 1.82) is 0 Å². The van der Waals surface area contributed by atoms with Crippen LogP contribution in [0.1, 0.15) is 28.8 Å². The van der Waals surface area contributed by atoms with Crippen LogP contribution in [0.4, 0.5) is 5.69 Å². The first-order valence-electron chi connectivity index (χ1n) is 6.02. The van der Waals surface area contributed by atoms with Crippen LogP contribution in [0, 0.1) is 0 Å². The first-order valence-corrected chi connectivity index (χ1v) is 6.02. The average molecular weight is 278 g/mol. The van der Waals surface area contributed by atoms with Crippen molar-refractivity contribution in [3.05, 3.63) is 29.3 Å². The lowest BCUT2D eigenvalue weighted by atomic mass is 10.1. The van der Waals surface area contributed by atoms with Crippen molar-refractivity contribution in [2.24, 2.45) is 0 Å². The quantitative estimate of drug-likeness (QED) is 0.676. The van der Waals surface area contributed by atoms with Crippen molar-refractivity contribution in [2.75, 3.05) is 5.73 Å². The van der Waals surface area contributed by atoms with Crippen LogP contribution in [0.5, 0.6) is 0 Å². The van der Waals surface area contributed by atoms with Gasteiger partial charge in [0.2, 0.25) is 0 Å². The Bertz CT molecular complexity index is 568. The van der Waals surface area contributed by atoms with Crippen LogP contribution in [0.3, 0.4) is 0 Å². The van der Waals surface area contributed by atoms with Gasteiger partial charge in [-0.3, -0.25) is 14.4 Å². The second-order valence-corrected chi connectivity index (χ2v) is 4.66. The molecule has 0 saturated heterocycles. The zero-order chi connectivity index (χ0) is 14.9. The number of anilines is 1. The Kier molecular flexibility index (Phi) is 3.60. The van der Waals surface area contributed by atoms with Gasteiger partial charge < -0.3 is 20.8 Å². The highest BCUT2D eigenvalue weighted by molar-refractivity contribution is 6.00. The number of benzene rings is 1. The van der Waals surface area contributed by atoms with Gasteiger partial charge in [-0.15, -0.1) is 0 Å². The van der Waals surface area contributed by atoms with Crippen molar-refractivity contribution < 1.29 is 24.6 Å². The van der Waals surface area contributed by atoms with Crippen molar-refractivity contribution in [1.82, 2.24) is 4.90 Å². The van der Waals surface area contributed by atoms with E-state index in [1.54, 1.807) is 18.2 Å². The summed E-state index contributed by atoms with van der Waals surface area (Å²) >= 11 is 0. The minimum Gasteiger partial charge on any atom is -0.481 e. The van der Waals surface area contributed by atoms with Crippen LogP contribution in [0.2, 0.25) is 0 Å². The minimum absolute atomic E-state index is 0.145. The molecule has 0 aromatic heterocycles. The van der Waals surface area contributed by atoms with E-state index >= 15 is 0 Å². The van der Waals surface area contributed by atoms with Gasteiger partial charge in [0.1, 0.15) is 0 Å². The molecule has 1 aliphatic heterocycles. The number of nitrogens with two attached hydrogens (primary N) is 1. The maximum Gasteiger partial charge on any atom is 0.305 e. The summed E-state index contributed by atoms with van der Waals surface area (Å²) in [5.74, 6) is -2.67. The van der Waals surface area contributed by atoms with Gasteiger partial charge in [-0.2, -0.15) is 0 Å². The molecule has 1 aromatic carbocycles. The summed E-state index contributed by atoms with van der Waals surface area (Å²) in [6.07, 6.45) is -0.822. The van der Waals surface area contributed by atoms with E-state index in [4.69, 9.17) is 15.9 Å². The fourth-order valence-electron chi connectivity index (χ4n) is 2.37. The van der Waals surface area contributed by atoms with Gasteiger partial charge in [-0.05, 0) is 12.1 Å². The molecule has 0 saturated carbocycles. The van der Waals surface area contributed by atoms with E-state index in [0.29, 0.717) is 16.8 Å². The molecule has 106 valence electrons. The molecule has 1 aliphatic rings. The molecule has 0 bridgehead atoms. The molecule has 2 rings (SSSR count). The predicted octanol–water partition coefficient (Wildman–Crippen LogP) is 0.543. The molecule has 7 heteroatoms. The van der Waals surface area contributed by atoms with Crippen molar-refractivity contribution in [3.8, 4) is 0 Å². The molecule has 1 heterocycles. The van der Waals surface area contributed by atoms with Crippen molar-refractivity contribution in [3.63, 3.8) is 0 Å². The molecular weight excluding hydrogens is 264 g/mol. The smallest absolute Gasteiger partial charge is 0.305 e. The monoisotopic (exact) mass is 278 g/mol. The van der Waals surface area contributed by atoms with Gasteiger partial charge in [0, 0.05) is 23.4 Å². The summed E-state index contributed by atoms with van der Waals surface area (Å²) in [4.78, 5) is 35.2. The van der Waals surface area contributed by atoms with E-state index in [1.165, 1.54) is 4.90 Å². The fraction of sp³-hybridized carbons (Fsp3) is 0.308. The Morgan fingerprint density at radius 2 is 1.85 bits per heavy atom. The molecule has 0 radical (unpaired) electrons. The van der Waals surface area contributed by atoms with E-state index in [1.807, 2.05) is 0 Å². The van der Waals surface area contributed by atoms with Crippen molar-refractivity contribution in [2.45, 2.75) is 25.4 Å². The van der Waals surface area contributed by atoms with E-state index in [2.05, 4.69) is 0 Å². The third kappa shape index (κ3) is 2.56. The summed E-state index contributed by atoms with van der Waals surface area (Å²) in [7, 11) is 0. The van der Waals surface area contributed by atoms with Crippen LogP contribution >= 0.6 is 0 Å². The molecule has 1 amide bonds. The zero-order valence-electron chi connectivity index (χ0n) is 10.6. The summed E-state index contributed by atoms with van der Waals surface area (Å²) in [6.45, 7) is 0.145. The fourth-order valence-corrected chi connectivity index (χ4v) is 2.37. The first-order chi connectivity index (χ1) is 9.40. The Labute approximate surface area is 114 Å². The standard InChI is InChI=1S/C13H14N2O5/c14-10-3-1-2-8-9(10)6-15(13(8)20)7(4-11(16)17)5-12(18)19/h1-3,7H,4-6,14H2,(H,16,17)(H,18,19). The molecular formula is C13H14N2O5. The number of carboxylic acid groups (broad SMARTS) is 2. The molecule has 0 fully saturated rings. The number of hydrogen-bond acceptors (Lipinski definition) is 4. The van der Waals surface area contributed by atoms with Crippen LogP contribution < -0.4 is 5.73 Å². The second kappa shape index (κ2) is 5.20. The number of carbonyl (C=O) groups excluding carboxylic acids is 1. The number of nitrogens with zero attached hydrogens (tertiary/aromatic N) is 1. The molecule has 7 nitrogen and oxygen atoms in total. The van der Waals surface area contributed by atoms with Gasteiger partial charge in [0.15, 0.2) is 0 Å². The lowest BCUT2D eigenvalue weighted by molar-refractivity contribution is -0.140. The van der Waals surface area contributed by atoms with Crippen molar-refractivity contribution >= 4 is 23.5 Å². The number of amides is 1. The summed E-state index contributed by atoms with van der Waals surface area (Å²) < 4.78 is 0. The number of nitrogen functional groups attached to an aromatic ring is 1. The maximum atomic E-state index is 12.2. The predicted molar refractivity (Wildman–Crippen MR) is 69.0 cm³/mol. The minimum atomic E-state index is -1.15. The zero-order valence-corrected chi connectivity index (χ0v) is 10.6. The summed E-state index contributed by atoms with van der Waals surface area (Å²) in [5, 5.41) is 17.7. The molecule has 0 atom stereocenters. The maximum absolute atomic E-state index is 12.2. The van der Waals surface area contributed by atoms with Crippen LogP contribution in [0.25, 0.3) is 0 Å². The molecule has 4 N–H and O–H groups in total. The molecule has 0 spiro atoms. The molecule has 0 aliphatic carbocycles. The number of hydrogen-bond donors (Lipinski definition) is 3. The molecule has 0 unspecified atom stereocenters. The Balaban J connectivity index is 2.29. The summed E-state index contributed by atoms with van der Waals surface area (Å²) in [5.41, 5.74) is 7.27. The van der Waals surface area contributed by atoms with Crippen LogP contribution in [-0.4, -0.2) is 39.0 Å². The van der Waals surface area contributed by atoms with Crippen LogP contribution in [0.15, 0.2) is 18.2 Å². The van der Waals surface area contributed by atoms with Gasteiger partial charge in [0.25, 0.3) is 5.91 Å². The second-order valence-electron chi connectivity index (χ2n) is 4.66. The highest BCUT2D eigenvalue weighted by atomic mass is 16.4. The highest BCUT2D eigenvalue weighted by Gasteiger charge is 2.35. The molecule has 20 heavy (non-hydrogen) atoms. The largest absolute Gasteiger partial charge is 0.481 e. The highest BCUT2D eigenvalue weighted by Crippen LogP contribution is 2.30. The number of rotatable bonds is 5. The topological polar surface area (TPSA) is 121 Å². The Morgan fingerprint density at radius 3 is 2.35 bits per heavy atom. The number of carboxylic acids is 2. The third-order valence-corrected chi connectivity index (χ3v) is 3.29. The normalized spacial score (nSPS) is 13.7. The van der Waals surface area contributed by atoms with E-state index in [0.717, 1.165) is 0 Å². The van der Waals surface area contributed by atoms with Gasteiger partial charge in [-0.1, -0.05) is 6.07 Å². The third-order valence-electron chi connectivity index (χ3n) is 3.29. The lowest BCUT2D eigenvalue weighted by Gasteiger charge is -2.25. The van der Waals surface area contributed by atoms with Gasteiger partial charge in [-0.25, -0.2) is 0 Å². The Hall–Kier alpha value is -2.57. The van der Waals surface area contributed by atoms with Crippen LogP contribution in [-0.2, 0) is 16.1 Å². The van der Waals surface area contributed by atoms with E-state index in [9.17, 15) is 14.4 Å². The first kappa shape index (κ1) is 13.9. The van der Waals surface area contributed by atoms with Gasteiger partial charge in [0.05, 0.1) is 18.9 Å². The van der Waals surface area contributed by atoms with E-state index < -0.39 is 30.8 Å². The number of aliphatic carboxylic acids is 2. The molecule has 1 aromatic rings.